The van der Waals surface area contributed by atoms with Gasteiger partial charge in [0.05, 0.1) is 0 Å². The van der Waals surface area contributed by atoms with E-state index in [0.717, 1.165) is 12.8 Å². The van der Waals surface area contributed by atoms with Gasteiger partial charge in [0.15, 0.2) is 0 Å². The minimum absolute atomic E-state index is 0.0993. The molecule has 6 heteroatoms. The highest BCUT2D eigenvalue weighted by Crippen LogP contribution is 2.32. The second-order valence-corrected chi connectivity index (χ2v) is 3.90. The number of aliphatic carboxylic acids is 1. The van der Waals surface area contributed by atoms with Crippen LogP contribution in [-0.2, 0) is 9.53 Å². The lowest BCUT2D eigenvalue weighted by molar-refractivity contribution is -0.139. The fourth-order valence-electron chi connectivity index (χ4n) is 1.42. The van der Waals surface area contributed by atoms with Crippen molar-refractivity contribution in [1.82, 2.24) is 10.6 Å². The van der Waals surface area contributed by atoms with Gasteiger partial charge in [0.25, 0.3) is 0 Å². The maximum Gasteiger partial charge on any atom is 0.326 e. The van der Waals surface area contributed by atoms with Crippen LogP contribution in [-0.4, -0.2) is 43.4 Å². The van der Waals surface area contributed by atoms with E-state index >= 15 is 0 Å². The average Bonchev–Trinajstić information content (AvgIpc) is 3.04. The van der Waals surface area contributed by atoms with E-state index in [1.807, 2.05) is 0 Å². The van der Waals surface area contributed by atoms with E-state index in [1.165, 1.54) is 0 Å². The van der Waals surface area contributed by atoms with Crippen LogP contribution in [0, 0.1) is 5.92 Å². The summed E-state index contributed by atoms with van der Waals surface area (Å²) >= 11 is 0. The molecule has 0 aromatic heterocycles. The number of nitrogens with one attached hydrogen (secondary N) is 2. The Bertz CT molecular complexity index is 253. The summed E-state index contributed by atoms with van der Waals surface area (Å²) < 4.78 is 4.83. The summed E-state index contributed by atoms with van der Waals surface area (Å²) in [7, 11) is 1.59. The minimum Gasteiger partial charge on any atom is -0.480 e. The Kier molecular flexibility index (Phi) is 5.04. The van der Waals surface area contributed by atoms with Crippen molar-refractivity contribution in [2.24, 2.45) is 5.92 Å². The third-order valence-electron chi connectivity index (χ3n) is 2.46. The number of rotatable bonds is 7. The molecule has 1 rings (SSSR count). The van der Waals surface area contributed by atoms with Crippen LogP contribution in [0.4, 0.5) is 4.79 Å². The molecule has 3 N–H and O–H groups in total. The molecule has 0 saturated heterocycles. The van der Waals surface area contributed by atoms with E-state index < -0.39 is 18.0 Å². The van der Waals surface area contributed by atoms with Gasteiger partial charge in [-0.2, -0.15) is 0 Å². The van der Waals surface area contributed by atoms with Gasteiger partial charge in [0.2, 0.25) is 0 Å². The number of carboxylic acid groups (broad SMARTS) is 1. The molecule has 0 aromatic rings. The lowest BCUT2D eigenvalue weighted by atomic mass is 10.2. The van der Waals surface area contributed by atoms with Gasteiger partial charge in [0.1, 0.15) is 6.04 Å². The molecule has 0 spiro atoms. The van der Waals surface area contributed by atoms with Gasteiger partial charge in [0, 0.05) is 20.3 Å². The van der Waals surface area contributed by atoms with E-state index in [-0.39, 0.29) is 5.92 Å². The lowest BCUT2D eigenvalue weighted by Gasteiger charge is -2.14. The Morgan fingerprint density at radius 1 is 1.50 bits per heavy atom. The van der Waals surface area contributed by atoms with Crippen molar-refractivity contribution in [3.8, 4) is 0 Å². The van der Waals surface area contributed by atoms with Crippen molar-refractivity contribution >= 4 is 12.0 Å². The summed E-state index contributed by atoms with van der Waals surface area (Å²) in [6.07, 6.45) is 2.47. The summed E-state index contributed by atoms with van der Waals surface area (Å²) in [5.74, 6) is -0.864. The van der Waals surface area contributed by atoms with Crippen molar-refractivity contribution in [2.45, 2.75) is 25.3 Å². The molecule has 6 nitrogen and oxygen atoms in total. The molecule has 1 unspecified atom stereocenters. The molecular weight excluding hydrogens is 212 g/mol. The summed E-state index contributed by atoms with van der Waals surface area (Å²) in [5.41, 5.74) is 0. The van der Waals surface area contributed by atoms with E-state index in [9.17, 15) is 9.59 Å². The predicted molar refractivity (Wildman–Crippen MR) is 57.2 cm³/mol. The van der Waals surface area contributed by atoms with Gasteiger partial charge < -0.3 is 20.5 Å². The van der Waals surface area contributed by atoms with E-state index in [2.05, 4.69) is 10.6 Å². The number of carboxylic acids is 1. The van der Waals surface area contributed by atoms with Crippen LogP contribution in [0.15, 0.2) is 0 Å². The van der Waals surface area contributed by atoms with Crippen LogP contribution in [0.2, 0.25) is 0 Å². The Morgan fingerprint density at radius 2 is 2.19 bits per heavy atom. The maximum absolute atomic E-state index is 11.3. The molecule has 1 aliphatic rings. The highest BCUT2D eigenvalue weighted by atomic mass is 16.5. The van der Waals surface area contributed by atoms with Crippen molar-refractivity contribution < 1.29 is 19.4 Å². The third kappa shape index (κ3) is 4.48. The second kappa shape index (κ2) is 6.32. The van der Waals surface area contributed by atoms with Gasteiger partial charge in [-0.15, -0.1) is 0 Å². The third-order valence-corrected chi connectivity index (χ3v) is 2.46. The topological polar surface area (TPSA) is 87.7 Å². The molecular formula is C10H18N2O4. The predicted octanol–water partition coefficient (Wildman–Crippen LogP) is 0.185. The molecule has 2 amide bonds. The van der Waals surface area contributed by atoms with Crippen molar-refractivity contribution in [3.63, 3.8) is 0 Å². The quantitative estimate of drug-likeness (QED) is 0.545. The molecule has 0 bridgehead atoms. The summed E-state index contributed by atoms with van der Waals surface area (Å²) in [6.45, 7) is 1.06. The van der Waals surface area contributed by atoms with Gasteiger partial charge in [-0.3, -0.25) is 0 Å². The van der Waals surface area contributed by atoms with Gasteiger partial charge in [-0.25, -0.2) is 9.59 Å². The highest BCUT2D eigenvalue weighted by molar-refractivity contribution is 5.83. The maximum atomic E-state index is 11.3. The SMILES string of the molecule is COCCCNC(=O)NC(C(=O)O)C1CC1. The second-order valence-electron chi connectivity index (χ2n) is 3.90. The molecule has 0 aliphatic heterocycles. The van der Waals surface area contributed by atoms with Gasteiger partial charge in [-0.1, -0.05) is 0 Å². The number of methoxy groups -OCH3 is 1. The molecule has 0 heterocycles. The molecule has 1 atom stereocenters. The van der Waals surface area contributed by atoms with Crippen molar-refractivity contribution in [3.05, 3.63) is 0 Å². The summed E-state index contributed by atoms with van der Waals surface area (Å²) in [6, 6.07) is -1.17. The summed E-state index contributed by atoms with van der Waals surface area (Å²) in [5, 5.41) is 13.9. The monoisotopic (exact) mass is 230 g/mol. The van der Waals surface area contributed by atoms with Crippen LogP contribution < -0.4 is 10.6 Å². The Labute approximate surface area is 94.3 Å². The highest BCUT2D eigenvalue weighted by Gasteiger charge is 2.37. The molecule has 16 heavy (non-hydrogen) atoms. The Morgan fingerprint density at radius 3 is 2.69 bits per heavy atom. The zero-order valence-corrected chi connectivity index (χ0v) is 9.36. The Hall–Kier alpha value is -1.30. The normalized spacial score (nSPS) is 16.6. The number of urea groups is 1. The Balaban J connectivity index is 2.18. The first-order valence-corrected chi connectivity index (χ1v) is 5.41. The number of carbonyl (C=O) groups is 2. The summed E-state index contributed by atoms with van der Waals surface area (Å²) in [4.78, 5) is 22.2. The largest absolute Gasteiger partial charge is 0.480 e. The smallest absolute Gasteiger partial charge is 0.326 e. The van der Waals surface area contributed by atoms with E-state index in [4.69, 9.17) is 9.84 Å². The number of hydrogen-bond donors (Lipinski definition) is 3. The average molecular weight is 230 g/mol. The first kappa shape index (κ1) is 12.8. The molecule has 1 saturated carbocycles. The van der Waals surface area contributed by atoms with Crippen LogP contribution in [0.3, 0.4) is 0 Å². The van der Waals surface area contributed by atoms with Crippen LogP contribution in [0.1, 0.15) is 19.3 Å². The molecule has 1 fully saturated rings. The van der Waals surface area contributed by atoms with Gasteiger partial charge in [-0.05, 0) is 25.2 Å². The number of ether oxygens (including phenoxy) is 1. The first-order chi connectivity index (χ1) is 7.65. The lowest BCUT2D eigenvalue weighted by Crippen LogP contribution is -2.47. The number of amides is 2. The molecule has 1 aliphatic carbocycles. The van der Waals surface area contributed by atoms with Gasteiger partial charge >= 0.3 is 12.0 Å². The molecule has 0 aromatic carbocycles. The standard InChI is InChI=1S/C10H18N2O4/c1-16-6-2-5-11-10(15)12-8(9(13)14)7-3-4-7/h7-8H,2-6H2,1H3,(H,13,14)(H2,11,12,15). The fraction of sp³-hybridized carbons (Fsp3) is 0.800. The zero-order chi connectivity index (χ0) is 12.0. The van der Waals surface area contributed by atoms with Crippen molar-refractivity contribution in [1.29, 1.82) is 0 Å². The molecule has 92 valence electrons. The van der Waals surface area contributed by atoms with Crippen LogP contribution in [0.25, 0.3) is 0 Å². The van der Waals surface area contributed by atoms with Crippen LogP contribution in [0.5, 0.6) is 0 Å². The number of hydrogen-bond acceptors (Lipinski definition) is 3. The zero-order valence-electron chi connectivity index (χ0n) is 9.36. The first-order valence-electron chi connectivity index (χ1n) is 5.41. The molecule has 0 radical (unpaired) electrons. The van der Waals surface area contributed by atoms with Crippen LogP contribution >= 0.6 is 0 Å². The van der Waals surface area contributed by atoms with Crippen molar-refractivity contribution in [2.75, 3.05) is 20.3 Å². The fourth-order valence-corrected chi connectivity index (χ4v) is 1.42. The van der Waals surface area contributed by atoms with E-state index in [1.54, 1.807) is 7.11 Å². The van der Waals surface area contributed by atoms with E-state index in [0.29, 0.717) is 19.6 Å². The minimum atomic E-state index is -0.963. The number of carbonyl (C=O) groups excluding carboxylic acids is 1.